The zero-order valence-electron chi connectivity index (χ0n) is 18.0. The number of carbonyl (C=O) groups is 1. The number of nitrogens with zero attached hydrogens (tertiary/aromatic N) is 2. The molecule has 1 amide bonds. The number of amides is 1. The lowest BCUT2D eigenvalue weighted by atomic mass is 10.1. The second-order valence-electron chi connectivity index (χ2n) is 7.05. The fourth-order valence-corrected chi connectivity index (χ4v) is 3.14. The maximum atomic E-state index is 13.2. The summed E-state index contributed by atoms with van der Waals surface area (Å²) in [6.07, 6.45) is 1.44. The van der Waals surface area contributed by atoms with E-state index in [2.05, 4.69) is 20.6 Å². The number of aromatic nitrogens is 2. The van der Waals surface area contributed by atoms with Crippen molar-refractivity contribution in [2.24, 2.45) is 0 Å². The summed E-state index contributed by atoms with van der Waals surface area (Å²) in [4.78, 5) is 21.1. The number of anilines is 3. The number of carbonyl (C=O) groups excluding carboxylic acids is 1. The highest BCUT2D eigenvalue weighted by atomic mass is 19.1. The third-order valence-electron chi connectivity index (χ3n) is 4.84. The summed E-state index contributed by atoms with van der Waals surface area (Å²) >= 11 is 0. The Morgan fingerprint density at radius 3 is 2.12 bits per heavy atom. The van der Waals surface area contributed by atoms with Crippen LogP contribution in [0.25, 0.3) is 11.3 Å². The van der Waals surface area contributed by atoms with E-state index in [9.17, 15) is 9.18 Å². The first-order valence-electron chi connectivity index (χ1n) is 10.0. The van der Waals surface area contributed by atoms with Crippen LogP contribution in [0.4, 0.5) is 21.6 Å². The molecule has 0 aliphatic rings. The molecule has 3 aromatic carbocycles. The van der Waals surface area contributed by atoms with E-state index in [1.165, 1.54) is 18.5 Å². The smallest absolute Gasteiger partial charge is 0.255 e. The van der Waals surface area contributed by atoms with Crippen molar-refractivity contribution in [2.45, 2.75) is 0 Å². The van der Waals surface area contributed by atoms with E-state index in [1.54, 1.807) is 74.9 Å². The lowest BCUT2D eigenvalue weighted by Gasteiger charge is -2.11. The van der Waals surface area contributed by atoms with Crippen LogP contribution in [0, 0.1) is 5.82 Å². The van der Waals surface area contributed by atoms with Crippen LogP contribution in [0.1, 0.15) is 10.4 Å². The van der Waals surface area contributed by atoms with Gasteiger partial charge in [0.2, 0.25) is 0 Å². The second kappa shape index (κ2) is 9.78. The molecule has 0 aliphatic carbocycles. The van der Waals surface area contributed by atoms with Crippen LogP contribution in [-0.2, 0) is 0 Å². The number of benzene rings is 3. The van der Waals surface area contributed by atoms with Crippen molar-refractivity contribution in [3.8, 4) is 22.8 Å². The zero-order valence-corrected chi connectivity index (χ0v) is 18.0. The van der Waals surface area contributed by atoms with Crippen molar-refractivity contribution in [1.82, 2.24) is 9.97 Å². The average Bonchev–Trinajstić information content (AvgIpc) is 2.84. The predicted octanol–water partition coefficient (Wildman–Crippen LogP) is 5.30. The molecule has 166 valence electrons. The largest absolute Gasteiger partial charge is 0.497 e. The van der Waals surface area contributed by atoms with Gasteiger partial charge in [-0.25, -0.2) is 14.4 Å². The summed E-state index contributed by atoms with van der Waals surface area (Å²) in [7, 11) is 3.10. The Labute approximate surface area is 190 Å². The molecule has 4 rings (SSSR count). The van der Waals surface area contributed by atoms with Crippen LogP contribution >= 0.6 is 0 Å². The molecule has 0 aliphatic heterocycles. The molecule has 4 aromatic rings. The van der Waals surface area contributed by atoms with Crippen LogP contribution in [0.15, 0.2) is 79.1 Å². The number of hydrogen-bond acceptors (Lipinski definition) is 6. The van der Waals surface area contributed by atoms with Gasteiger partial charge in [0, 0.05) is 46.8 Å². The molecular formula is C25H21FN4O3. The molecule has 0 atom stereocenters. The summed E-state index contributed by atoms with van der Waals surface area (Å²) in [6.45, 7) is 0. The number of ether oxygens (including phenoxy) is 2. The van der Waals surface area contributed by atoms with Gasteiger partial charge in [0.15, 0.2) is 0 Å². The van der Waals surface area contributed by atoms with E-state index in [1.807, 2.05) is 0 Å². The zero-order chi connectivity index (χ0) is 23.2. The highest BCUT2D eigenvalue weighted by molar-refractivity contribution is 6.04. The molecule has 0 radical (unpaired) electrons. The molecule has 33 heavy (non-hydrogen) atoms. The predicted molar refractivity (Wildman–Crippen MR) is 125 cm³/mol. The second-order valence-corrected chi connectivity index (χ2v) is 7.05. The summed E-state index contributed by atoms with van der Waals surface area (Å²) < 4.78 is 23.6. The Morgan fingerprint density at radius 1 is 0.818 bits per heavy atom. The highest BCUT2D eigenvalue weighted by Crippen LogP contribution is 2.26. The van der Waals surface area contributed by atoms with Gasteiger partial charge in [0.25, 0.3) is 5.91 Å². The fourth-order valence-electron chi connectivity index (χ4n) is 3.14. The molecule has 1 heterocycles. The Bertz CT molecular complexity index is 1240. The third kappa shape index (κ3) is 5.43. The van der Waals surface area contributed by atoms with Crippen molar-refractivity contribution in [2.75, 3.05) is 24.9 Å². The van der Waals surface area contributed by atoms with Gasteiger partial charge < -0.3 is 20.1 Å². The van der Waals surface area contributed by atoms with Gasteiger partial charge >= 0.3 is 0 Å². The average molecular weight is 444 g/mol. The van der Waals surface area contributed by atoms with E-state index in [-0.39, 0.29) is 11.7 Å². The first-order chi connectivity index (χ1) is 16.0. The molecule has 0 fully saturated rings. The molecule has 0 saturated carbocycles. The van der Waals surface area contributed by atoms with E-state index in [0.29, 0.717) is 34.3 Å². The molecule has 0 unspecified atom stereocenters. The number of rotatable bonds is 7. The molecular weight excluding hydrogens is 423 g/mol. The summed E-state index contributed by atoms with van der Waals surface area (Å²) in [5.41, 5.74) is 3.24. The minimum Gasteiger partial charge on any atom is -0.497 e. The molecule has 7 nitrogen and oxygen atoms in total. The van der Waals surface area contributed by atoms with E-state index in [4.69, 9.17) is 9.47 Å². The normalized spacial score (nSPS) is 10.4. The molecule has 2 N–H and O–H groups in total. The van der Waals surface area contributed by atoms with Crippen LogP contribution < -0.4 is 20.1 Å². The minimum atomic E-state index is -0.305. The van der Waals surface area contributed by atoms with Crippen molar-refractivity contribution >= 4 is 23.1 Å². The quantitative estimate of drug-likeness (QED) is 0.403. The first kappa shape index (κ1) is 21.8. The van der Waals surface area contributed by atoms with Crippen molar-refractivity contribution in [3.63, 3.8) is 0 Å². The van der Waals surface area contributed by atoms with Crippen molar-refractivity contribution in [3.05, 3.63) is 90.5 Å². The molecule has 0 saturated heterocycles. The van der Waals surface area contributed by atoms with Crippen molar-refractivity contribution < 1.29 is 18.7 Å². The van der Waals surface area contributed by atoms with E-state index >= 15 is 0 Å². The van der Waals surface area contributed by atoms with Crippen LogP contribution in [0.2, 0.25) is 0 Å². The van der Waals surface area contributed by atoms with Crippen LogP contribution in [-0.4, -0.2) is 30.1 Å². The Morgan fingerprint density at radius 2 is 1.48 bits per heavy atom. The number of nitrogens with one attached hydrogen (secondary N) is 2. The standard InChI is InChI=1S/C25H21FN4O3/c1-32-21-11-20(12-22(13-21)33-2)30-25(31)17-5-9-19(10-6-17)29-24-14-23(27-15-28-24)16-3-7-18(26)8-4-16/h3-15H,1-2H3,(H,30,31)(H,27,28,29). The Hall–Kier alpha value is -4.46. The first-order valence-corrected chi connectivity index (χ1v) is 10.0. The van der Waals surface area contributed by atoms with Crippen LogP contribution in [0.3, 0.4) is 0 Å². The molecule has 0 spiro atoms. The number of methoxy groups -OCH3 is 2. The van der Waals surface area contributed by atoms with Gasteiger partial charge in [-0.15, -0.1) is 0 Å². The summed E-state index contributed by atoms with van der Waals surface area (Å²) in [6, 6.07) is 20.0. The fraction of sp³-hybridized carbons (Fsp3) is 0.0800. The van der Waals surface area contributed by atoms with E-state index < -0.39 is 0 Å². The van der Waals surface area contributed by atoms with Crippen LogP contribution in [0.5, 0.6) is 11.5 Å². The topological polar surface area (TPSA) is 85.4 Å². The molecule has 1 aromatic heterocycles. The summed E-state index contributed by atoms with van der Waals surface area (Å²) in [5, 5.41) is 6.02. The van der Waals surface area contributed by atoms with Gasteiger partial charge in [0.1, 0.15) is 29.5 Å². The maximum Gasteiger partial charge on any atom is 0.255 e. The number of halogens is 1. The molecule has 8 heteroatoms. The lowest BCUT2D eigenvalue weighted by Crippen LogP contribution is -2.12. The third-order valence-corrected chi connectivity index (χ3v) is 4.84. The van der Waals surface area contributed by atoms with Gasteiger partial charge in [0.05, 0.1) is 19.9 Å². The minimum absolute atomic E-state index is 0.266. The van der Waals surface area contributed by atoms with E-state index in [0.717, 1.165) is 11.3 Å². The highest BCUT2D eigenvalue weighted by Gasteiger charge is 2.09. The van der Waals surface area contributed by atoms with Gasteiger partial charge in [-0.3, -0.25) is 4.79 Å². The molecule has 0 bridgehead atoms. The maximum absolute atomic E-state index is 13.2. The number of hydrogen-bond donors (Lipinski definition) is 2. The van der Waals surface area contributed by atoms with Gasteiger partial charge in [-0.2, -0.15) is 0 Å². The lowest BCUT2D eigenvalue weighted by molar-refractivity contribution is 0.102. The van der Waals surface area contributed by atoms with Gasteiger partial charge in [-0.1, -0.05) is 0 Å². The van der Waals surface area contributed by atoms with Gasteiger partial charge in [-0.05, 0) is 48.5 Å². The SMILES string of the molecule is COc1cc(NC(=O)c2ccc(Nc3cc(-c4ccc(F)cc4)ncn3)cc2)cc(OC)c1. The summed E-state index contributed by atoms with van der Waals surface area (Å²) in [5.74, 6) is 1.16. The van der Waals surface area contributed by atoms with Crippen molar-refractivity contribution in [1.29, 1.82) is 0 Å². The monoisotopic (exact) mass is 444 g/mol. The Kier molecular flexibility index (Phi) is 6.45. The Balaban J connectivity index is 1.45.